The lowest BCUT2D eigenvalue weighted by molar-refractivity contribution is 0.0700. The van der Waals surface area contributed by atoms with Gasteiger partial charge in [-0.05, 0) is 31.0 Å². The van der Waals surface area contributed by atoms with Crippen molar-refractivity contribution in [2.75, 3.05) is 13.1 Å². The van der Waals surface area contributed by atoms with E-state index >= 15 is 0 Å². The van der Waals surface area contributed by atoms with E-state index in [9.17, 15) is 14.3 Å². The van der Waals surface area contributed by atoms with Crippen LogP contribution >= 0.6 is 12.2 Å². The van der Waals surface area contributed by atoms with Gasteiger partial charge in [0.2, 0.25) is 0 Å². The molecule has 1 aliphatic heterocycles. The van der Waals surface area contributed by atoms with Crippen LogP contribution in [0.1, 0.15) is 23.2 Å². The zero-order chi connectivity index (χ0) is 14.0. The second-order valence-corrected chi connectivity index (χ2v) is 5.13. The fourth-order valence-electron chi connectivity index (χ4n) is 2.24. The van der Waals surface area contributed by atoms with E-state index in [-0.39, 0.29) is 17.2 Å². The molecule has 1 aromatic rings. The Morgan fingerprint density at radius 1 is 1.53 bits per heavy atom. The Bertz CT molecular complexity index is 521. The number of amides is 1. The first-order valence-corrected chi connectivity index (χ1v) is 6.47. The first kappa shape index (κ1) is 13.7. The van der Waals surface area contributed by atoms with Gasteiger partial charge in [-0.25, -0.2) is 4.39 Å². The number of rotatable bonds is 2. The lowest BCUT2D eigenvalue weighted by Crippen LogP contribution is -2.43. The van der Waals surface area contributed by atoms with Crippen LogP contribution in [0.15, 0.2) is 18.2 Å². The van der Waals surface area contributed by atoms with Crippen LogP contribution in [0, 0.1) is 11.7 Å². The van der Waals surface area contributed by atoms with E-state index in [1.165, 1.54) is 6.07 Å². The van der Waals surface area contributed by atoms with Crippen LogP contribution in [-0.4, -0.2) is 34.0 Å². The number of piperidine rings is 1. The summed E-state index contributed by atoms with van der Waals surface area (Å²) in [4.78, 5) is 14.2. The highest BCUT2D eigenvalue weighted by Gasteiger charge is 2.27. The number of carbonyl (C=O) groups is 1. The maximum absolute atomic E-state index is 13.2. The predicted molar refractivity (Wildman–Crippen MR) is 73.5 cm³/mol. The first-order valence-electron chi connectivity index (χ1n) is 6.06. The molecule has 0 saturated carbocycles. The zero-order valence-electron chi connectivity index (χ0n) is 10.3. The molecule has 19 heavy (non-hydrogen) atoms. The molecule has 3 N–H and O–H groups in total. The molecule has 0 radical (unpaired) electrons. The lowest BCUT2D eigenvalue weighted by atomic mass is 9.97. The lowest BCUT2D eigenvalue weighted by Gasteiger charge is -2.32. The van der Waals surface area contributed by atoms with Gasteiger partial charge in [0, 0.05) is 19.0 Å². The number of hydrogen-bond acceptors (Lipinski definition) is 3. The second-order valence-electron chi connectivity index (χ2n) is 4.65. The van der Waals surface area contributed by atoms with E-state index in [4.69, 9.17) is 18.0 Å². The monoisotopic (exact) mass is 282 g/mol. The largest absolute Gasteiger partial charge is 0.507 e. The summed E-state index contributed by atoms with van der Waals surface area (Å²) in [5.41, 5.74) is 5.58. The van der Waals surface area contributed by atoms with Gasteiger partial charge in [-0.3, -0.25) is 4.79 Å². The molecule has 6 heteroatoms. The van der Waals surface area contributed by atoms with Crippen molar-refractivity contribution in [3.05, 3.63) is 29.6 Å². The molecule has 1 atom stereocenters. The van der Waals surface area contributed by atoms with Crippen LogP contribution in [0.3, 0.4) is 0 Å². The first-order chi connectivity index (χ1) is 8.99. The molecule has 1 aliphatic rings. The highest BCUT2D eigenvalue weighted by Crippen LogP contribution is 2.23. The number of likely N-dealkylation sites (tertiary alicyclic amines) is 1. The van der Waals surface area contributed by atoms with Gasteiger partial charge in [0.1, 0.15) is 11.6 Å². The minimum atomic E-state index is -0.552. The van der Waals surface area contributed by atoms with E-state index in [0.717, 1.165) is 25.0 Å². The summed E-state index contributed by atoms with van der Waals surface area (Å²) in [6.07, 6.45) is 1.65. The van der Waals surface area contributed by atoms with E-state index in [1.54, 1.807) is 4.90 Å². The summed E-state index contributed by atoms with van der Waals surface area (Å²) in [6, 6.07) is 3.33. The molecule has 1 unspecified atom stereocenters. The van der Waals surface area contributed by atoms with Crippen molar-refractivity contribution in [1.29, 1.82) is 0 Å². The van der Waals surface area contributed by atoms with E-state index < -0.39 is 11.7 Å². The number of phenols is 1. The topological polar surface area (TPSA) is 66.6 Å². The molecular formula is C13H15FN2O2S. The van der Waals surface area contributed by atoms with Crippen molar-refractivity contribution in [2.24, 2.45) is 11.7 Å². The molecule has 1 saturated heterocycles. The molecule has 1 heterocycles. The number of nitrogens with zero attached hydrogens (tertiary/aromatic N) is 1. The van der Waals surface area contributed by atoms with E-state index in [1.807, 2.05) is 0 Å². The highest BCUT2D eigenvalue weighted by atomic mass is 32.1. The summed E-state index contributed by atoms with van der Waals surface area (Å²) in [5, 5.41) is 9.65. The van der Waals surface area contributed by atoms with Crippen molar-refractivity contribution in [2.45, 2.75) is 12.8 Å². The van der Waals surface area contributed by atoms with Gasteiger partial charge in [-0.15, -0.1) is 0 Å². The molecule has 0 bridgehead atoms. The number of hydrogen-bond donors (Lipinski definition) is 2. The van der Waals surface area contributed by atoms with Crippen molar-refractivity contribution in [3.8, 4) is 5.75 Å². The zero-order valence-corrected chi connectivity index (χ0v) is 11.1. The third-order valence-corrected chi connectivity index (χ3v) is 3.63. The number of aromatic hydroxyl groups is 1. The number of carbonyl (C=O) groups excluding carboxylic acids is 1. The smallest absolute Gasteiger partial charge is 0.257 e. The van der Waals surface area contributed by atoms with Gasteiger partial charge >= 0.3 is 0 Å². The quantitative estimate of drug-likeness (QED) is 0.810. The molecule has 102 valence electrons. The highest BCUT2D eigenvalue weighted by molar-refractivity contribution is 7.80. The normalized spacial score (nSPS) is 19.2. The molecule has 1 aromatic carbocycles. The summed E-state index contributed by atoms with van der Waals surface area (Å²) in [5.74, 6) is -1.17. The Morgan fingerprint density at radius 3 is 2.95 bits per heavy atom. The molecule has 0 spiro atoms. The Morgan fingerprint density at radius 2 is 2.26 bits per heavy atom. The Balaban J connectivity index is 2.19. The Kier molecular flexibility index (Phi) is 3.99. The van der Waals surface area contributed by atoms with Crippen LogP contribution in [0.25, 0.3) is 0 Å². The number of nitrogens with two attached hydrogens (primary N) is 1. The van der Waals surface area contributed by atoms with Crippen molar-refractivity contribution < 1.29 is 14.3 Å². The Labute approximate surface area is 116 Å². The van der Waals surface area contributed by atoms with E-state index in [2.05, 4.69) is 0 Å². The number of halogens is 1. The van der Waals surface area contributed by atoms with Gasteiger partial charge in [-0.2, -0.15) is 0 Å². The standard InChI is InChI=1S/C13H15FN2O2S/c14-9-3-4-11(17)10(6-9)13(18)16-5-1-2-8(7-16)12(15)19/h3-4,6,8,17H,1-2,5,7H2,(H2,15,19). The van der Waals surface area contributed by atoms with Crippen molar-refractivity contribution in [3.63, 3.8) is 0 Å². The molecule has 1 fully saturated rings. The summed E-state index contributed by atoms with van der Waals surface area (Å²) in [7, 11) is 0. The third kappa shape index (κ3) is 3.01. The fourth-order valence-corrected chi connectivity index (χ4v) is 2.44. The third-order valence-electron chi connectivity index (χ3n) is 3.30. The van der Waals surface area contributed by atoms with Gasteiger partial charge in [-0.1, -0.05) is 12.2 Å². The van der Waals surface area contributed by atoms with Crippen molar-refractivity contribution >= 4 is 23.1 Å². The summed E-state index contributed by atoms with van der Waals surface area (Å²) < 4.78 is 13.2. The van der Waals surface area contributed by atoms with E-state index in [0.29, 0.717) is 18.1 Å². The van der Waals surface area contributed by atoms with Crippen molar-refractivity contribution in [1.82, 2.24) is 4.90 Å². The SMILES string of the molecule is NC(=S)C1CCCN(C(=O)c2cc(F)ccc2O)C1. The average molecular weight is 282 g/mol. The molecule has 0 aromatic heterocycles. The van der Waals surface area contributed by atoms with Gasteiger partial charge in [0.15, 0.2) is 0 Å². The average Bonchev–Trinajstić information content (AvgIpc) is 2.41. The molecule has 0 aliphatic carbocycles. The molecular weight excluding hydrogens is 267 g/mol. The second kappa shape index (κ2) is 5.52. The molecule has 2 rings (SSSR count). The van der Waals surface area contributed by atoms with Crippen LogP contribution < -0.4 is 5.73 Å². The van der Waals surface area contributed by atoms with Gasteiger partial charge < -0.3 is 15.7 Å². The van der Waals surface area contributed by atoms with Crippen LogP contribution in [-0.2, 0) is 0 Å². The number of benzene rings is 1. The van der Waals surface area contributed by atoms with Crippen LogP contribution in [0.5, 0.6) is 5.75 Å². The molecule has 1 amide bonds. The summed E-state index contributed by atoms with van der Waals surface area (Å²) >= 11 is 4.95. The fraction of sp³-hybridized carbons (Fsp3) is 0.385. The van der Waals surface area contributed by atoms with Crippen LogP contribution in [0.4, 0.5) is 4.39 Å². The summed E-state index contributed by atoms with van der Waals surface area (Å²) in [6.45, 7) is 0.984. The molecule has 4 nitrogen and oxygen atoms in total. The maximum atomic E-state index is 13.2. The maximum Gasteiger partial charge on any atom is 0.257 e. The van der Waals surface area contributed by atoms with Crippen LogP contribution in [0.2, 0.25) is 0 Å². The minimum absolute atomic E-state index is 0.0107. The number of thiocarbonyl (C=S) groups is 1. The Hall–Kier alpha value is -1.69. The van der Waals surface area contributed by atoms with Gasteiger partial charge in [0.05, 0.1) is 10.6 Å². The van der Waals surface area contributed by atoms with Gasteiger partial charge in [0.25, 0.3) is 5.91 Å². The predicted octanol–water partition coefficient (Wildman–Crippen LogP) is 1.67. The number of phenolic OH excluding ortho intramolecular Hbond substituents is 1. The minimum Gasteiger partial charge on any atom is -0.507 e.